The summed E-state index contributed by atoms with van der Waals surface area (Å²) in [6.07, 6.45) is -0.0667. The number of alkyl halides is 1. The van der Waals surface area contributed by atoms with Crippen LogP contribution in [0, 0.1) is 0 Å². The Bertz CT molecular complexity index is 549. The fourth-order valence-corrected chi connectivity index (χ4v) is 4.97. The number of halogens is 1. The van der Waals surface area contributed by atoms with Gasteiger partial charge in [-0.3, -0.25) is 0 Å². The number of benzene rings is 1. The molecule has 0 N–H and O–H groups in total. The van der Waals surface area contributed by atoms with Crippen LogP contribution in [0.15, 0.2) is 30.3 Å². The van der Waals surface area contributed by atoms with Crippen molar-refractivity contribution in [2.75, 3.05) is 24.2 Å². The standard InChI is InChI=1S/C15H22BrNO3S/c1-12(14-6-4-3-5-7-14)11-21(18,19)17-9-15(8-16)20-10-13(17)2/h3-7,12-13,15H,8-11H2,1-2H3. The number of morpholine rings is 1. The third-order valence-electron chi connectivity index (χ3n) is 3.81. The molecular weight excluding hydrogens is 354 g/mol. The molecular formula is C15H22BrNO3S. The van der Waals surface area contributed by atoms with E-state index in [0.29, 0.717) is 18.5 Å². The van der Waals surface area contributed by atoms with Crippen LogP contribution in [0.5, 0.6) is 0 Å². The zero-order valence-corrected chi connectivity index (χ0v) is 14.8. The predicted molar refractivity (Wildman–Crippen MR) is 88.3 cm³/mol. The van der Waals surface area contributed by atoms with Gasteiger partial charge < -0.3 is 4.74 Å². The maximum Gasteiger partial charge on any atom is 0.215 e. The van der Waals surface area contributed by atoms with Crippen LogP contribution >= 0.6 is 15.9 Å². The number of ether oxygens (including phenoxy) is 1. The Morgan fingerprint density at radius 2 is 2.05 bits per heavy atom. The molecule has 1 aliphatic heterocycles. The Morgan fingerprint density at radius 3 is 2.67 bits per heavy atom. The van der Waals surface area contributed by atoms with Gasteiger partial charge in [0.25, 0.3) is 0 Å². The molecule has 21 heavy (non-hydrogen) atoms. The molecule has 1 aliphatic rings. The fourth-order valence-electron chi connectivity index (χ4n) is 2.56. The summed E-state index contributed by atoms with van der Waals surface area (Å²) in [7, 11) is -3.29. The third-order valence-corrected chi connectivity index (χ3v) is 6.67. The van der Waals surface area contributed by atoms with Gasteiger partial charge in [-0.15, -0.1) is 0 Å². The smallest absolute Gasteiger partial charge is 0.215 e. The summed E-state index contributed by atoms with van der Waals surface area (Å²) in [6, 6.07) is 9.67. The second-order valence-corrected chi connectivity index (χ2v) is 8.23. The zero-order valence-electron chi connectivity index (χ0n) is 12.4. The Kier molecular flexibility index (Phi) is 5.82. The lowest BCUT2D eigenvalue weighted by Crippen LogP contribution is -2.52. The summed E-state index contributed by atoms with van der Waals surface area (Å²) in [4.78, 5) is 0. The van der Waals surface area contributed by atoms with Crippen LogP contribution in [0.3, 0.4) is 0 Å². The van der Waals surface area contributed by atoms with E-state index in [2.05, 4.69) is 15.9 Å². The minimum absolute atomic E-state index is 0.0198. The van der Waals surface area contributed by atoms with Crippen molar-refractivity contribution >= 4 is 26.0 Å². The van der Waals surface area contributed by atoms with Crippen molar-refractivity contribution in [3.8, 4) is 0 Å². The molecule has 3 unspecified atom stereocenters. The lowest BCUT2D eigenvalue weighted by atomic mass is 10.0. The molecule has 6 heteroatoms. The quantitative estimate of drug-likeness (QED) is 0.743. The molecule has 0 spiro atoms. The van der Waals surface area contributed by atoms with Crippen molar-refractivity contribution < 1.29 is 13.2 Å². The summed E-state index contributed by atoms with van der Waals surface area (Å²) < 4.78 is 32.6. The number of hydrogen-bond acceptors (Lipinski definition) is 3. The van der Waals surface area contributed by atoms with Gasteiger partial charge in [0.2, 0.25) is 10.0 Å². The van der Waals surface area contributed by atoms with Crippen LogP contribution in [0.4, 0.5) is 0 Å². The van der Waals surface area contributed by atoms with Crippen molar-refractivity contribution in [2.45, 2.75) is 31.9 Å². The molecule has 0 bridgehead atoms. The third kappa shape index (κ3) is 4.28. The molecule has 0 radical (unpaired) electrons. The molecule has 1 saturated heterocycles. The van der Waals surface area contributed by atoms with Crippen molar-refractivity contribution in [3.63, 3.8) is 0 Å². The van der Waals surface area contributed by atoms with Gasteiger partial charge in [0.1, 0.15) is 0 Å². The first-order chi connectivity index (χ1) is 9.94. The van der Waals surface area contributed by atoms with Gasteiger partial charge in [-0.25, -0.2) is 8.42 Å². The van der Waals surface area contributed by atoms with Gasteiger partial charge in [0.15, 0.2) is 0 Å². The molecule has 0 aliphatic carbocycles. The molecule has 1 aromatic carbocycles. The summed E-state index contributed by atoms with van der Waals surface area (Å²) >= 11 is 3.37. The average Bonchev–Trinajstić information content (AvgIpc) is 2.48. The van der Waals surface area contributed by atoms with Gasteiger partial charge in [-0.05, 0) is 18.4 Å². The summed E-state index contributed by atoms with van der Waals surface area (Å²) in [5.74, 6) is 0.116. The summed E-state index contributed by atoms with van der Waals surface area (Å²) in [5.41, 5.74) is 1.05. The van der Waals surface area contributed by atoms with Gasteiger partial charge in [0.05, 0.1) is 18.5 Å². The van der Waals surface area contributed by atoms with Gasteiger partial charge >= 0.3 is 0 Å². The van der Waals surface area contributed by atoms with Crippen LogP contribution in [0.2, 0.25) is 0 Å². The average molecular weight is 376 g/mol. The second-order valence-electron chi connectivity index (χ2n) is 5.62. The van der Waals surface area contributed by atoms with Crippen molar-refractivity contribution in [1.82, 2.24) is 4.31 Å². The molecule has 0 amide bonds. The summed E-state index contributed by atoms with van der Waals surface area (Å²) in [5, 5.41) is 0.653. The molecule has 3 atom stereocenters. The molecule has 118 valence electrons. The van der Waals surface area contributed by atoms with E-state index in [0.717, 1.165) is 5.56 Å². The SMILES string of the molecule is CC(CS(=O)(=O)N1CC(CBr)OCC1C)c1ccccc1. The van der Waals surface area contributed by atoms with E-state index >= 15 is 0 Å². The largest absolute Gasteiger partial charge is 0.374 e. The summed E-state index contributed by atoms with van der Waals surface area (Å²) in [6.45, 7) is 4.74. The number of sulfonamides is 1. The second kappa shape index (κ2) is 7.22. The highest BCUT2D eigenvalue weighted by Crippen LogP contribution is 2.23. The van der Waals surface area contributed by atoms with E-state index < -0.39 is 10.0 Å². The molecule has 2 rings (SSSR count). The monoisotopic (exact) mass is 375 g/mol. The molecule has 0 saturated carbocycles. The lowest BCUT2D eigenvalue weighted by molar-refractivity contribution is -0.0139. The van der Waals surface area contributed by atoms with Crippen LogP contribution < -0.4 is 0 Å². The molecule has 0 aromatic heterocycles. The molecule has 1 fully saturated rings. The van der Waals surface area contributed by atoms with Gasteiger partial charge in [0, 0.05) is 17.9 Å². The molecule has 4 nitrogen and oxygen atoms in total. The van der Waals surface area contributed by atoms with E-state index in [9.17, 15) is 8.42 Å². The topological polar surface area (TPSA) is 46.6 Å². The minimum atomic E-state index is -3.29. The van der Waals surface area contributed by atoms with Gasteiger partial charge in [-0.2, -0.15) is 4.31 Å². The van der Waals surface area contributed by atoms with Crippen LogP contribution in [0.25, 0.3) is 0 Å². The highest BCUT2D eigenvalue weighted by atomic mass is 79.9. The number of nitrogens with zero attached hydrogens (tertiary/aromatic N) is 1. The number of hydrogen-bond donors (Lipinski definition) is 0. The first-order valence-corrected chi connectivity index (χ1v) is 9.89. The van der Waals surface area contributed by atoms with Crippen molar-refractivity contribution in [2.24, 2.45) is 0 Å². The molecule has 1 heterocycles. The highest BCUT2D eigenvalue weighted by molar-refractivity contribution is 9.09. The predicted octanol–water partition coefficient (Wildman–Crippen LogP) is 2.60. The fraction of sp³-hybridized carbons (Fsp3) is 0.600. The van der Waals surface area contributed by atoms with Crippen molar-refractivity contribution in [3.05, 3.63) is 35.9 Å². The first-order valence-electron chi connectivity index (χ1n) is 7.16. The Labute approximate surface area is 135 Å². The first kappa shape index (κ1) is 16.9. The maximum atomic E-state index is 12.7. The highest BCUT2D eigenvalue weighted by Gasteiger charge is 2.34. The normalized spacial score (nSPS) is 25.7. The lowest BCUT2D eigenvalue weighted by Gasteiger charge is -2.37. The van der Waals surface area contributed by atoms with Crippen LogP contribution in [-0.4, -0.2) is 49.1 Å². The van der Waals surface area contributed by atoms with E-state index in [4.69, 9.17) is 4.74 Å². The van der Waals surface area contributed by atoms with Crippen molar-refractivity contribution in [1.29, 1.82) is 0 Å². The van der Waals surface area contributed by atoms with E-state index in [1.807, 2.05) is 44.2 Å². The zero-order chi connectivity index (χ0) is 15.5. The minimum Gasteiger partial charge on any atom is -0.374 e. The van der Waals surface area contributed by atoms with Crippen LogP contribution in [0.1, 0.15) is 25.3 Å². The Morgan fingerprint density at radius 1 is 1.38 bits per heavy atom. The van der Waals surface area contributed by atoms with Crippen LogP contribution in [-0.2, 0) is 14.8 Å². The van der Waals surface area contributed by atoms with E-state index in [1.165, 1.54) is 0 Å². The van der Waals surface area contributed by atoms with E-state index in [-0.39, 0.29) is 23.8 Å². The van der Waals surface area contributed by atoms with E-state index in [1.54, 1.807) is 4.31 Å². The molecule has 1 aromatic rings. The maximum absolute atomic E-state index is 12.7. The van der Waals surface area contributed by atoms with Gasteiger partial charge in [-0.1, -0.05) is 53.2 Å². The Hall–Kier alpha value is -0.430. The Balaban J connectivity index is 2.10. The number of rotatable bonds is 5.